The van der Waals surface area contributed by atoms with Crippen LogP contribution in [-0.2, 0) is 6.42 Å². The van der Waals surface area contributed by atoms with Crippen molar-refractivity contribution in [1.29, 1.82) is 0 Å². The van der Waals surface area contributed by atoms with Crippen LogP contribution in [0.3, 0.4) is 0 Å². The summed E-state index contributed by atoms with van der Waals surface area (Å²) in [4.78, 5) is 2.54. The van der Waals surface area contributed by atoms with Gasteiger partial charge in [0.15, 0.2) is 11.5 Å². The van der Waals surface area contributed by atoms with E-state index in [2.05, 4.69) is 11.8 Å². The highest BCUT2D eigenvalue weighted by atomic mass is 16.3. The normalized spacial score (nSPS) is 26.8. The van der Waals surface area contributed by atoms with E-state index >= 15 is 0 Å². The second-order valence-corrected chi connectivity index (χ2v) is 6.03. The van der Waals surface area contributed by atoms with Gasteiger partial charge in [-0.2, -0.15) is 0 Å². The van der Waals surface area contributed by atoms with Gasteiger partial charge in [0, 0.05) is 6.54 Å². The van der Waals surface area contributed by atoms with Crippen molar-refractivity contribution in [3.63, 3.8) is 0 Å². The number of rotatable bonds is 2. The summed E-state index contributed by atoms with van der Waals surface area (Å²) in [5, 5.41) is 19.4. The SMILES string of the molecule is CCCN1CC[C@H]2CCc3cc(O)c(O)cc3[C@@H]2C1. The molecule has 0 spiro atoms. The average molecular weight is 261 g/mol. The Morgan fingerprint density at radius 1 is 1.21 bits per heavy atom. The van der Waals surface area contributed by atoms with Crippen LogP contribution in [0.1, 0.15) is 43.2 Å². The number of fused-ring (bicyclic) bond motifs is 3. The largest absolute Gasteiger partial charge is 0.504 e. The highest BCUT2D eigenvalue weighted by Gasteiger charge is 2.34. The molecule has 1 aliphatic carbocycles. The zero-order valence-corrected chi connectivity index (χ0v) is 11.6. The summed E-state index contributed by atoms with van der Waals surface area (Å²) >= 11 is 0. The Kier molecular flexibility index (Phi) is 3.40. The molecule has 1 saturated heterocycles. The molecule has 0 saturated carbocycles. The number of phenols is 2. The molecular formula is C16H23NO2. The number of aryl methyl sites for hydroxylation is 1. The number of hydrogen-bond acceptors (Lipinski definition) is 3. The molecule has 1 aliphatic heterocycles. The van der Waals surface area contributed by atoms with Crippen molar-refractivity contribution >= 4 is 0 Å². The number of hydrogen-bond donors (Lipinski definition) is 2. The van der Waals surface area contributed by atoms with Crippen LogP contribution in [0.4, 0.5) is 0 Å². The van der Waals surface area contributed by atoms with Crippen LogP contribution in [0.5, 0.6) is 11.5 Å². The van der Waals surface area contributed by atoms with E-state index in [9.17, 15) is 10.2 Å². The molecule has 0 bridgehead atoms. The molecule has 3 nitrogen and oxygen atoms in total. The lowest BCUT2D eigenvalue weighted by Gasteiger charge is -2.42. The molecule has 0 unspecified atom stereocenters. The first kappa shape index (κ1) is 12.8. The minimum absolute atomic E-state index is 0.0263. The number of benzene rings is 1. The van der Waals surface area contributed by atoms with Gasteiger partial charge in [-0.15, -0.1) is 0 Å². The van der Waals surface area contributed by atoms with Gasteiger partial charge in [0.1, 0.15) is 0 Å². The topological polar surface area (TPSA) is 43.7 Å². The Bertz CT molecular complexity index is 472. The zero-order chi connectivity index (χ0) is 13.4. The van der Waals surface area contributed by atoms with Gasteiger partial charge < -0.3 is 15.1 Å². The zero-order valence-electron chi connectivity index (χ0n) is 11.6. The molecule has 1 fully saturated rings. The van der Waals surface area contributed by atoms with Gasteiger partial charge in [-0.1, -0.05) is 6.92 Å². The smallest absolute Gasteiger partial charge is 0.157 e. The van der Waals surface area contributed by atoms with Crippen molar-refractivity contribution in [2.75, 3.05) is 19.6 Å². The molecule has 1 heterocycles. The fourth-order valence-electron chi connectivity index (χ4n) is 3.82. The first-order valence-corrected chi connectivity index (χ1v) is 7.46. The standard InChI is InChI=1S/C16H23NO2/c1-2-6-17-7-5-11-3-4-12-8-15(18)16(19)9-13(12)14(11)10-17/h8-9,11,14,18-19H,2-7,10H2,1H3/t11-,14-/m1/s1. The van der Waals surface area contributed by atoms with Crippen LogP contribution in [0.15, 0.2) is 12.1 Å². The molecule has 3 heteroatoms. The molecular weight excluding hydrogens is 238 g/mol. The van der Waals surface area contributed by atoms with Crippen LogP contribution in [0, 0.1) is 5.92 Å². The summed E-state index contributed by atoms with van der Waals surface area (Å²) in [7, 11) is 0. The van der Waals surface area contributed by atoms with Gasteiger partial charge in [0.05, 0.1) is 0 Å². The van der Waals surface area contributed by atoms with Gasteiger partial charge in [-0.05, 0) is 73.9 Å². The third kappa shape index (κ3) is 2.32. The molecule has 104 valence electrons. The number of aromatic hydroxyl groups is 2. The maximum Gasteiger partial charge on any atom is 0.157 e. The Hall–Kier alpha value is -1.22. The Balaban J connectivity index is 1.90. The lowest BCUT2D eigenvalue weighted by molar-refractivity contribution is 0.147. The van der Waals surface area contributed by atoms with E-state index in [1.165, 1.54) is 43.5 Å². The van der Waals surface area contributed by atoms with Crippen LogP contribution in [-0.4, -0.2) is 34.7 Å². The highest BCUT2D eigenvalue weighted by Crippen LogP contribution is 2.44. The molecule has 1 aromatic carbocycles. The van der Waals surface area contributed by atoms with E-state index in [-0.39, 0.29) is 11.5 Å². The Labute approximate surface area is 114 Å². The van der Waals surface area contributed by atoms with Gasteiger partial charge in [-0.3, -0.25) is 0 Å². The van der Waals surface area contributed by atoms with Crippen molar-refractivity contribution in [1.82, 2.24) is 4.90 Å². The minimum Gasteiger partial charge on any atom is -0.504 e. The molecule has 19 heavy (non-hydrogen) atoms. The highest BCUT2D eigenvalue weighted by molar-refractivity contribution is 5.48. The van der Waals surface area contributed by atoms with Crippen molar-refractivity contribution in [2.24, 2.45) is 5.92 Å². The van der Waals surface area contributed by atoms with Gasteiger partial charge in [0.2, 0.25) is 0 Å². The Morgan fingerprint density at radius 2 is 2.00 bits per heavy atom. The number of phenolic OH excluding ortho intramolecular Hbond substituents is 2. The first-order chi connectivity index (χ1) is 9.19. The summed E-state index contributed by atoms with van der Waals surface area (Å²) < 4.78 is 0. The average Bonchev–Trinajstić information content (AvgIpc) is 2.41. The molecule has 2 N–H and O–H groups in total. The summed E-state index contributed by atoms with van der Waals surface area (Å²) in [5.41, 5.74) is 2.50. The fourth-order valence-corrected chi connectivity index (χ4v) is 3.82. The summed E-state index contributed by atoms with van der Waals surface area (Å²) in [5.74, 6) is 1.35. The van der Waals surface area contributed by atoms with Gasteiger partial charge >= 0.3 is 0 Å². The van der Waals surface area contributed by atoms with E-state index in [4.69, 9.17) is 0 Å². The summed E-state index contributed by atoms with van der Waals surface area (Å²) in [6, 6.07) is 3.57. The molecule has 3 rings (SSSR count). The molecule has 2 aliphatic rings. The fraction of sp³-hybridized carbons (Fsp3) is 0.625. The van der Waals surface area contributed by atoms with Crippen molar-refractivity contribution < 1.29 is 10.2 Å². The van der Waals surface area contributed by atoms with Crippen molar-refractivity contribution in [3.05, 3.63) is 23.3 Å². The van der Waals surface area contributed by atoms with Crippen LogP contribution in [0.25, 0.3) is 0 Å². The van der Waals surface area contributed by atoms with E-state index < -0.39 is 0 Å². The van der Waals surface area contributed by atoms with Crippen LogP contribution >= 0.6 is 0 Å². The quantitative estimate of drug-likeness (QED) is 0.805. The molecule has 0 amide bonds. The molecule has 0 aromatic heterocycles. The lowest BCUT2D eigenvalue weighted by Crippen LogP contribution is -2.41. The first-order valence-electron chi connectivity index (χ1n) is 7.46. The third-order valence-corrected chi connectivity index (χ3v) is 4.80. The summed E-state index contributed by atoms with van der Waals surface area (Å²) in [6.45, 7) is 5.72. The predicted molar refractivity (Wildman–Crippen MR) is 75.7 cm³/mol. The van der Waals surface area contributed by atoms with Crippen molar-refractivity contribution in [2.45, 2.75) is 38.5 Å². The third-order valence-electron chi connectivity index (χ3n) is 4.80. The van der Waals surface area contributed by atoms with Crippen LogP contribution < -0.4 is 0 Å². The number of piperidine rings is 1. The van der Waals surface area contributed by atoms with Gasteiger partial charge in [-0.25, -0.2) is 0 Å². The minimum atomic E-state index is 0.0263. The Morgan fingerprint density at radius 3 is 2.79 bits per heavy atom. The van der Waals surface area contributed by atoms with Gasteiger partial charge in [0.25, 0.3) is 0 Å². The van der Waals surface area contributed by atoms with E-state index in [0.717, 1.165) is 18.9 Å². The number of nitrogens with zero attached hydrogens (tertiary/aromatic N) is 1. The molecule has 1 aromatic rings. The monoisotopic (exact) mass is 261 g/mol. The number of likely N-dealkylation sites (tertiary alicyclic amines) is 1. The predicted octanol–water partition coefficient (Wildman–Crippen LogP) is 2.86. The maximum atomic E-state index is 9.77. The lowest BCUT2D eigenvalue weighted by atomic mass is 9.71. The van der Waals surface area contributed by atoms with Crippen LogP contribution in [0.2, 0.25) is 0 Å². The van der Waals surface area contributed by atoms with Crippen molar-refractivity contribution in [3.8, 4) is 11.5 Å². The van der Waals surface area contributed by atoms with E-state index in [0.29, 0.717) is 5.92 Å². The maximum absolute atomic E-state index is 9.77. The molecule has 2 atom stereocenters. The second-order valence-electron chi connectivity index (χ2n) is 6.03. The molecule has 0 radical (unpaired) electrons. The van der Waals surface area contributed by atoms with E-state index in [1.807, 2.05) is 0 Å². The summed E-state index contributed by atoms with van der Waals surface area (Å²) in [6.07, 6.45) is 4.73. The van der Waals surface area contributed by atoms with E-state index in [1.54, 1.807) is 12.1 Å². The second kappa shape index (κ2) is 5.04.